The zero-order valence-corrected chi connectivity index (χ0v) is 25.3. The Hall–Kier alpha value is -4.08. The van der Waals surface area contributed by atoms with E-state index >= 15 is 0 Å². The van der Waals surface area contributed by atoms with Gasteiger partial charge in [0.1, 0.15) is 0 Å². The Bertz CT molecular complexity index is 1710. The third-order valence-electron chi connectivity index (χ3n) is 7.22. The van der Waals surface area contributed by atoms with Crippen LogP contribution in [0.15, 0.2) is 77.4 Å². The lowest BCUT2D eigenvalue weighted by molar-refractivity contribution is 0.102. The summed E-state index contributed by atoms with van der Waals surface area (Å²) in [6.07, 6.45) is 1.64. The van der Waals surface area contributed by atoms with Gasteiger partial charge in [0.2, 0.25) is 5.75 Å². The molecule has 7 nitrogen and oxygen atoms in total. The first-order valence-corrected chi connectivity index (χ1v) is 14.7. The molecule has 3 aromatic carbocycles. The number of methoxy groups -OCH3 is 3. The number of thiazole rings is 1. The first-order valence-electron chi connectivity index (χ1n) is 13.1. The number of hydrogen-bond acceptors (Lipinski definition) is 6. The highest BCUT2D eigenvalue weighted by Gasteiger charge is 2.32. The molecular formula is C32H28BrN3O4S. The highest BCUT2D eigenvalue weighted by molar-refractivity contribution is 9.10. The van der Waals surface area contributed by atoms with Gasteiger partial charge < -0.3 is 18.8 Å². The average Bonchev–Trinajstić information content (AvgIpc) is 3.54. The van der Waals surface area contributed by atoms with E-state index in [1.165, 1.54) is 22.5 Å². The van der Waals surface area contributed by atoms with Crippen LogP contribution >= 0.6 is 27.3 Å². The number of benzene rings is 3. The monoisotopic (exact) mass is 629 g/mol. The van der Waals surface area contributed by atoms with Crippen molar-refractivity contribution < 1.29 is 19.0 Å². The van der Waals surface area contributed by atoms with Crippen LogP contribution in [-0.4, -0.2) is 36.8 Å². The number of rotatable bonds is 8. The third-order valence-corrected chi connectivity index (χ3v) is 9.07. The molecular weight excluding hydrogens is 602 g/mol. The number of aromatic nitrogens is 2. The topological polar surface area (TPSA) is 74.6 Å². The van der Waals surface area contributed by atoms with E-state index in [0.717, 1.165) is 44.8 Å². The van der Waals surface area contributed by atoms with Crippen molar-refractivity contribution in [2.75, 3.05) is 26.6 Å². The van der Waals surface area contributed by atoms with E-state index in [4.69, 9.17) is 19.2 Å². The minimum atomic E-state index is -0.171. The van der Waals surface area contributed by atoms with Gasteiger partial charge in [-0.1, -0.05) is 48.5 Å². The summed E-state index contributed by atoms with van der Waals surface area (Å²) in [4.78, 5) is 19.0. The molecule has 208 valence electrons. The van der Waals surface area contributed by atoms with Crippen molar-refractivity contribution in [1.82, 2.24) is 9.55 Å². The molecule has 9 heteroatoms. The summed E-state index contributed by atoms with van der Waals surface area (Å²) in [5, 5.41) is 3.59. The molecule has 0 radical (unpaired) electrons. The van der Waals surface area contributed by atoms with Gasteiger partial charge in [0, 0.05) is 28.1 Å². The number of fused-ring (bicyclic) bond motifs is 3. The van der Waals surface area contributed by atoms with Crippen LogP contribution in [0.3, 0.4) is 0 Å². The van der Waals surface area contributed by atoms with Crippen LogP contribution < -0.4 is 19.5 Å². The second-order valence-electron chi connectivity index (χ2n) is 9.59. The van der Waals surface area contributed by atoms with Crippen molar-refractivity contribution in [1.29, 1.82) is 0 Å². The Morgan fingerprint density at radius 2 is 1.61 bits per heavy atom. The fourth-order valence-corrected chi connectivity index (χ4v) is 7.04. The third kappa shape index (κ3) is 5.00. The second-order valence-corrected chi connectivity index (χ2v) is 11.4. The molecule has 0 atom stereocenters. The van der Waals surface area contributed by atoms with E-state index in [-0.39, 0.29) is 5.91 Å². The van der Waals surface area contributed by atoms with E-state index in [0.29, 0.717) is 34.5 Å². The number of aryl methyl sites for hydroxylation is 1. The summed E-state index contributed by atoms with van der Waals surface area (Å²) in [5.41, 5.74) is 6.90. The fraction of sp³-hybridized carbons (Fsp3) is 0.188. The highest BCUT2D eigenvalue weighted by Crippen LogP contribution is 2.50. The number of nitrogens with zero attached hydrogens (tertiary/aromatic N) is 2. The van der Waals surface area contributed by atoms with Gasteiger partial charge >= 0.3 is 0 Å². The molecule has 1 aliphatic carbocycles. The normalized spacial score (nSPS) is 11.9. The molecule has 2 aromatic heterocycles. The summed E-state index contributed by atoms with van der Waals surface area (Å²) in [6.45, 7) is 0.650. The number of amides is 1. The van der Waals surface area contributed by atoms with Gasteiger partial charge in [-0.05, 0) is 64.2 Å². The summed E-state index contributed by atoms with van der Waals surface area (Å²) >= 11 is 5.49. The molecule has 5 aromatic rings. The SMILES string of the molecule is COc1cc(-c2c3c(c(Br)n2Cc2ccccc2)-c2nc(NC(=O)c4ccccc4)sc2CC3)cc(OC)c1OC. The van der Waals surface area contributed by atoms with E-state index in [2.05, 4.69) is 37.9 Å². The van der Waals surface area contributed by atoms with Crippen LogP contribution in [0.5, 0.6) is 17.2 Å². The van der Waals surface area contributed by atoms with E-state index in [9.17, 15) is 4.79 Å². The summed E-state index contributed by atoms with van der Waals surface area (Å²) in [5.74, 6) is 1.56. The van der Waals surface area contributed by atoms with Crippen LogP contribution in [0.2, 0.25) is 0 Å². The van der Waals surface area contributed by atoms with Gasteiger partial charge in [0.25, 0.3) is 5.91 Å². The molecule has 1 amide bonds. The number of hydrogen-bond donors (Lipinski definition) is 1. The maximum Gasteiger partial charge on any atom is 0.257 e. The number of halogens is 1. The fourth-order valence-electron chi connectivity index (χ4n) is 5.35. The molecule has 0 unspecified atom stereocenters. The lowest BCUT2D eigenvalue weighted by atomic mass is 9.93. The standard InChI is InChI=1S/C32H28BrN3O4S/c1-38-23-16-21(17-24(39-2)29(23)40-3)28-22-14-15-25-27(26(22)30(33)36(28)18-19-10-6-4-7-11-19)34-32(41-25)35-31(37)20-12-8-5-9-13-20/h4-13,16-17H,14-15,18H2,1-3H3,(H,34,35,37). The highest BCUT2D eigenvalue weighted by atomic mass is 79.9. The summed E-state index contributed by atoms with van der Waals surface area (Å²) in [6, 6.07) is 23.5. The van der Waals surface area contributed by atoms with Crippen molar-refractivity contribution in [3.05, 3.63) is 99.0 Å². The molecule has 1 N–H and O–H groups in total. The number of ether oxygens (including phenoxy) is 3. The van der Waals surface area contributed by atoms with Crippen molar-refractivity contribution >= 4 is 38.3 Å². The van der Waals surface area contributed by atoms with Crippen molar-refractivity contribution in [2.45, 2.75) is 19.4 Å². The minimum Gasteiger partial charge on any atom is -0.493 e. The number of nitrogens with one attached hydrogen (secondary N) is 1. The van der Waals surface area contributed by atoms with Crippen molar-refractivity contribution in [2.24, 2.45) is 0 Å². The van der Waals surface area contributed by atoms with Gasteiger partial charge in [-0.3, -0.25) is 10.1 Å². The smallest absolute Gasteiger partial charge is 0.257 e. The average molecular weight is 631 g/mol. The Morgan fingerprint density at radius 3 is 2.24 bits per heavy atom. The second kappa shape index (κ2) is 11.4. The van der Waals surface area contributed by atoms with E-state index < -0.39 is 0 Å². The van der Waals surface area contributed by atoms with Crippen LogP contribution in [0, 0.1) is 0 Å². The zero-order chi connectivity index (χ0) is 28.5. The largest absolute Gasteiger partial charge is 0.493 e. The molecule has 1 aliphatic rings. The zero-order valence-electron chi connectivity index (χ0n) is 22.9. The molecule has 6 rings (SSSR count). The predicted octanol–water partition coefficient (Wildman–Crippen LogP) is 7.47. The maximum atomic E-state index is 12.9. The Kier molecular flexibility index (Phi) is 7.55. The Labute approximate surface area is 250 Å². The van der Waals surface area contributed by atoms with Gasteiger partial charge in [-0.15, -0.1) is 11.3 Å². The van der Waals surface area contributed by atoms with Crippen LogP contribution in [-0.2, 0) is 19.4 Å². The summed E-state index contributed by atoms with van der Waals surface area (Å²) in [7, 11) is 4.86. The predicted molar refractivity (Wildman–Crippen MR) is 166 cm³/mol. The summed E-state index contributed by atoms with van der Waals surface area (Å²) < 4.78 is 20.2. The number of carbonyl (C=O) groups excluding carboxylic acids is 1. The van der Waals surface area contributed by atoms with E-state index in [1.54, 1.807) is 33.5 Å². The molecule has 41 heavy (non-hydrogen) atoms. The van der Waals surface area contributed by atoms with E-state index in [1.807, 2.05) is 48.5 Å². The molecule has 0 bridgehead atoms. The lowest BCUT2D eigenvalue weighted by Crippen LogP contribution is -2.11. The molecule has 0 saturated carbocycles. The van der Waals surface area contributed by atoms with Crippen molar-refractivity contribution in [3.63, 3.8) is 0 Å². The quantitative estimate of drug-likeness (QED) is 0.193. The molecule has 0 aliphatic heterocycles. The number of carbonyl (C=O) groups is 1. The van der Waals surface area contributed by atoms with Crippen LogP contribution in [0.4, 0.5) is 5.13 Å². The van der Waals surface area contributed by atoms with Gasteiger partial charge in [-0.2, -0.15) is 0 Å². The number of anilines is 1. The maximum absolute atomic E-state index is 12.9. The Morgan fingerprint density at radius 1 is 0.951 bits per heavy atom. The molecule has 2 heterocycles. The van der Waals surface area contributed by atoms with Gasteiger partial charge in [-0.25, -0.2) is 4.98 Å². The van der Waals surface area contributed by atoms with Crippen molar-refractivity contribution in [3.8, 4) is 39.8 Å². The van der Waals surface area contributed by atoms with Gasteiger partial charge in [0.05, 0.1) is 37.3 Å². The Balaban J connectivity index is 1.50. The van der Waals surface area contributed by atoms with Crippen LogP contribution in [0.25, 0.3) is 22.5 Å². The lowest BCUT2D eigenvalue weighted by Gasteiger charge is -2.18. The first kappa shape index (κ1) is 27.1. The van der Waals surface area contributed by atoms with Gasteiger partial charge in [0.15, 0.2) is 16.6 Å². The molecule has 0 fully saturated rings. The van der Waals surface area contributed by atoms with Crippen LogP contribution in [0.1, 0.15) is 26.4 Å². The minimum absolute atomic E-state index is 0.171. The molecule has 0 saturated heterocycles. The first-order chi connectivity index (χ1) is 20.0. The molecule has 0 spiro atoms.